The van der Waals surface area contributed by atoms with E-state index in [1.165, 1.54) is 57.8 Å². The van der Waals surface area contributed by atoms with Crippen molar-refractivity contribution in [3.8, 4) is 0 Å². The van der Waals surface area contributed by atoms with E-state index in [2.05, 4.69) is 12.2 Å². The van der Waals surface area contributed by atoms with Gasteiger partial charge in [-0.2, -0.15) is 0 Å². The fourth-order valence-electron chi connectivity index (χ4n) is 3.34. The van der Waals surface area contributed by atoms with Crippen LogP contribution in [0.25, 0.3) is 0 Å². The molecule has 2 saturated carbocycles. The summed E-state index contributed by atoms with van der Waals surface area (Å²) in [4.78, 5) is 0. The number of aliphatic hydroxyl groups excluding tert-OH is 1. The maximum absolute atomic E-state index is 9.91. The number of hydrogen-bond acceptors (Lipinski definition) is 3. The zero-order valence-corrected chi connectivity index (χ0v) is 13.9. The predicted octanol–water partition coefficient (Wildman–Crippen LogP) is 3.50. The van der Waals surface area contributed by atoms with Crippen LogP contribution >= 0.6 is 0 Å². The standard InChI is InChI=1S/C18H35NO2/c1-2-3-4-5-6-7-12-21-14-17(20)13-19-15-18(10-11-18)16-8-9-16/h16-17,19-20H,2-15H2,1H3. The molecule has 0 aromatic carbocycles. The molecule has 124 valence electrons. The molecule has 0 saturated heterocycles. The van der Waals surface area contributed by atoms with Crippen molar-refractivity contribution in [1.82, 2.24) is 5.32 Å². The van der Waals surface area contributed by atoms with Gasteiger partial charge in [-0.05, 0) is 43.4 Å². The van der Waals surface area contributed by atoms with Crippen LogP contribution in [0.3, 0.4) is 0 Å². The molecule has 0 bridgehead atoms. The van der Waals surface area contributed by atoms with Gasteiger partial charge in [0.05, 0.1) is 12.7 Å². The summed E-state index contributed by atoms with van der Waals surface area (Å²) >= 11 is 0. The Morgan fingerprint density at radius 1 is 1.14 bits per heavy atom. The smallest absolute Gasteiger partial charge is 0.0897 e. The first-order chi connectivity index (χ1) is 10.3. The molecule has 21 heavy (non-hydrogen) atoms. The summed E-state index contributed by atoms with van der Waals surface area (Å²) in [5.41, 5.74) is 0.624. The second-order valence-electron chi connectivity index (χ2n) is 7.26. The molecule has 0 spiro atoms. The van der Waals surface area contributed by atoms with Crippen LogP contribution in [0, 0.1) is 11.3 Å². The second kappa shape index (κ2) is 9.12. The van der Waals surface area contributed by atoms with Gasteiger partial charge < -0.3 is 15.2 Å². The van der Waals surface area contributed by atoms with E-state index in [0.717, 1.165) is 25.5 Å². The lowest BCUT2D eigenvalue weighted by molar-refractivity contribution is 0.0347. The molecule has 0 aliphatic heterocycles. The van der Waals surface area contributed by atoms with Crippen molar-refractivity contribution in [2.24, 2.45) is 11.3 Å². The Labute approximate surface area is 130 Å². The highest BCUT2D eigenvalue weighted by molar-refractivity contribution is 5.05. The predicted molar refractivity (Wildman–Crippen MR) is 87.5 cm³/mol. The van der Waals surface area contributed by atoms with E-state index in [4.69, 9.17) is 4.74 Å². The van der Waals surface area contributed by atoms with Crippen LogP contribution in [-0.2, 0) is 4.74 Å². The van der Waals surface area contributed by atoms with E-state index in [-0.39, 0.29) is 6.10 Å². The van der Waals surface area contributed by atoms with Crippen molar-refractivity contribution in [2.75, 3.05) is 26.3 Å². The lowest BCUT2D eigenvalue weighted by Gasteiger charge is -2.17. The highest BCUT2D eigenvalue weighted by Crippen LogP contribution is 2.60. The topological polar surface area (TPSA) is 41.5 Å². The number of ether oxygens (including phenoxy) is 1. The summed E-state index contributed by atoms with van der Waals surface area (Å²) < 4.78 is 5.57. The van der Waals surface area contributed by atoms with Crippen molar-refractivity contribution in [1.29, 1.82) is 0 Å². The molecule has 3 nitrogen and oxygen atoms in total. The third-order valence-corrected chi connectivity index (χ3v) is 5.15. The normalized spacial score (nSPS) is 21.4. The summed E-state index contributed by atoms with van der Waals surface area (Å²) in [7, 11) is 0. The van der Waals surface area contributed by atoms with Crippen molar-refractivity contribution < 1.29 is 9.84 Å². The van der Waals surface area contributed by atoms with Crippen LogP contribution in [0.5, 0.6) is 0 Å². The highest BCUT2D eigenvalue weighted by Gasteiger charge is 2.53. The average Bonchev–Trinajstić information content (AvgIpc) is 3.35. The van der Waals surface area contributed by atoms with E-state index >= 15 is 0 Å². The summed E-state index contributed by atoms with van der Waals surface area (Å²) in [6.07, 6.45) is 13.1. The molecule has 0 heterocycles. The van der Waals surface area contributed by atoms with Gasteiger partial charge in [-0.3, -0.25) is 0 Å². The minimum atomic E-state index is -0.347. The van der Waals surface area contributed by atoms with Crippen molar-refractivity contribution in [3.63, 3.8) is 0 Å². The average molecular weight is 297 g/mol. The molecule has 0 aromatic heterocycles. The monoisotopic (exact) mass is 297 g/mol. The fraction of sp³-hybridized carbons (Fsp3) is 1.00. The lowest BCUT2D eigenvalue weighted by Crippen LogP contribution is -2.34. The number of rotatable bonds is 14. The van der Waals surface area contributed by atoms with Crippen LogP contribution in [0.4, 0.5) is 0 Å². The first kappa shape index (κ1) is 17.2. The largest absolute Gasteiger partial charge is 0.389 e. The SMILES string of the molecule is CCCCCCCCOCC(O)CNCC1(C2CC2)CC1. The van der Waals surface area contributed by atoms with Crippen molar-refractivity contribution in [2.45, 2.75) is 77.2 Å². The summed E-state index contributed by atoms with van der Waals surface area (Å²) in [6, 6.07) is 0. The summed E-state index contributed by atoms with van der Waals surface area (Å²) in [6.45, 7) is 5.32. The first-order valence-electron chi connectivity index (χ1n) is 9.23. The fourth-order valence-corrected chi connectivity index (χ4v) is 3.34. The molecule has 0 aromatic rings. The Morgan fingerprint density at radius 3 is 2.52 bits per heavy atom. The van der Waals surface area contributed by atoms with E-state index in [1.54, 1.807) is 0 Å². The van der Waals surface area contributed by atoms with Crippen LogP contribution in [-0.4, -0.2) is 37.5 Å². The maximum Gasteiger partial charge on any atom is 0.0897 e. The van der Waals surface area contributed by atoms with Gasteiger partial charge in [-0.1, -0.05) is 39.0 Å². The zero-order chi connectivity index (χ0) is 15.0. The molecule has 0 amide bonds. The number of nitrogens with one attached hydrogen (secondary N) is 1. The zero-order valence-electron chi connectivity index (χ0n) is 13.9. The van der Waals surface area contributed by atoms with Gasteiger partial charge >= 0.3 is 0 Å². The highest BCUT2D eigenvalue weighted by atomic mass is 16.5. The van der Waals surface area contributed by atoms with Gasteiger partial charge in [0.25, 0.3) is 0 Å². The Hall–Kier alpha value is -0.120. The molecule has 2 N–H and O–H groups in total. The molecule has 3 heteroatoms. The first-order valence-corrected chi connectivity index (χ1v) is 9.23. The Balaban J connectivity index is 1.35. The van der Waals surface area contributed by atoms with Crippen LogP contribution in [0.2, 0.25) is 0 Å². The molecule has 2 aliphatic rings. The minimum Gasteiger partial charge on any atom is -0.389 e. The minimum absolute atomic E-state index is 0.347. The van der Waals surface area contributed by atoms with Crippen LogP contribution in [0.15, 0.2) is 0 Å². The van der Waals surface area contributed by atoms with Gasteiger partial charge in [0.1, 0.15) is 0 Å². The van der Waals surface area contributed by atoms with Crippen LogP contribution < -0.4 is 5.32 Å². The number of hydrogen-bond donors (Lipinski definition) is 2. The number of aliphatic hydroxyl groups is 1. The summed E-state index contributed by atoms with van der Waals surface area (Å²) in [5.74, 6) is 0.992. The summed E-state index contributed by atoms with van der Waals surface area (Å²) in [5, 5.41) is 13.4. The van der Waals surface area contributed by atoms with Crippen LogP contribution in [0.1, 0.15) is 71.1 Å². The molecule has 1 atom stereocenters. The third kappa shape index (κ3) is 6.66. The Kier molecular flexibility index (Phi) is 7.48. The van der Waals surface area contributed by atoms with E-state index in [0.29, 0.717) is 18.6 Å². The van der Waals surface area contributed by atoms with E-state index in [9.17, 15) is 5.11 Å². The van der Waals surface area contributed by atoms with Gasteiger partial charge in [0, 0.05) is 19.7 Å². The van der Waals surface area contributed by atoms with Gasteiger partial charge in [-0.25, -0.2) is 0 Å². The number of unbranched alkanes of at least 4 members (excludes halogenated alkanes) is 5. The molecular formula is C18H35NO2. The molecule has 0 radical (unpaired) electrons. The molecule has 1 unspecified atom stereocenters. The maximum atomic E-state index is 9.91. The lowest BCUT2D eigenvalue weighted by atomic mass is 10.0. The quantitative estimate of drug-likeness (QED) is 0.482. The molecule has 2 fully saturated rings. The second-order valence-corrected chi connectivity index (χ2v) is 7.26. The van der Waals surface area contributed by atoms with Crippen molar-refractivity contribution >= 4 is 0 Å². The van der Waals surface area contributed by atoms with Gasteiger partial charge in [0.15, 0.2) is 0 Å². The Bertz CT molecular complexity index is 274. The Morgan fingerprint density at radius 2 is 1.86 bits per heavy atom. The van der Waals surface area contributed by atoms with Gasteiger partial charge in [-0.15, -0.1) is 0 Å². The third-order valence-electron chi connectivity index (χ3n) is 5.15. The molecule has 2 aliphatic carbocycles. The van der Waals surface area contributed by atoms with E-state index in [1.807, 2.05) is 0 Å². The molecular weight excluding hydrogens is 262 g/mol. The van der Waals surface area contributed by atoms with E-state index < -0.39 is 0 Å². The molecule has 2 rings (SSSR count). The van der Waals surface area contributed by atoms with Gasteiger partial charge in [0.2, 0.25) is 0 Å². The van der Waals surface area contributed by atoms with Crippen molar-refractivity contribution in [3.05, 3.63) is 0 Å².